The maximum absolute atomic E-state index is 13.4. The molecule has 1 aliphatic heterocycles. The van der Waals surface area contributed by atoms with Gasteiger partial charge in [-0.1, -0.05) is 44.6 Å². The first-order chi connectivity index (χ1) is 14.6. The molecule has 4 atom stereocenters. The van der Waals surface area contributed by atoms with Crippen molar-refractivity contribution in [2.75, 3.05) is 26.2 Å². The van der Waals surface area contributed by atoms with Crippen LogP contribution in [0.1, 0.15) is 60.3 Å². The van der Waals surface area contributed by atoms with Gasteiger partial charge in [0.1, 0.15) is 5.60 Å². The lowest BCUT2D eigenvalue weighted by molar-refractivity contribution is -0.134. The molecule has 0 aromatic heterocycles. The second-order valence-electron chi connectivity index (χ2n) is 10.0. The van der Waals surface area contributed by atoms with Gasteiger partial charge in [-0.3, -0.25) is 4.79 Å². The highest BCUT2D eigenvalue weighted by molar-refractivity contribution is 5.82. The second-order valence-corrected chi connectivity index (χ2v) is 10.0. The predicted molar refractivity (Wildman–Crippen MR) is 125 cm³/mol. The number of amides is 2. The molecule has 176 valence electrons. The summed E-state index contributed by atoms with van der Waals surface area (Å²) < 4.78 is 5.29. The predicted octanol–water partition coefficient (Wildman–Crippen LogP) is 2.97. The lowest BCUT2D eigenvalue weighted by Gasteiger charge is -2.39. The van der Waals surface area contributed by atoms with Crippen LogP contribution in [0.4, 0.5) is 4.79 Å². The minimum Gasteiger partial charge on any atom is -0.444 e. The highest BCUT2D eigenvalue weighted by Crippen LogP contribution is 2.38. The maximum Gasteiger partial charge on any atom is 0.407 e. The Balaban J connectivity index is 2.02. The highest BCUT2D eigenvalue weighted by Gasteiger charge is 2.36. The molecule has 1 saturated heterocycles. The largest absolute Gasteiger partial charge is 0.444 e. The standard InChI is InChI=1S/C24H42N4O3/c1-6-18(24(5)12-8-7-9-13-24)17-28-15-11-19(16-25)27-20(21(28)29)10-14-26-22(30)31-23(2,3)4/h7-9,12,18-20,27H,6,10-11,13-17,25H2,1-5H3,(H,26,30)/t18-,19+,20+,24?/m1/s1. The fourth-order valence-electron chi connectivity index (χ4n) is 4.40. The van der Waals surface area contributed by atoms with Gasteiger partial charge < -0.3 is 26.0 Å². The molecule has 1 fully saturated rings. The number of nitrogens with two attached hydrogens (primary N) is 1. The molecule has 0 spiro atoms. The van der Waals surface area contributed by atoms with E-state index in [-0.39, 0.29) is 23.4 Å². The van der Waals surface area contributed by atoms with Gasteiger partial charge in [-0.05, 0) is 51.4 Å². The molecule has 7 nitrogen and oxygen atoms in total. The molecule has 0 aromatic carbocycles. The van der Waals surface area contributed by atoms with Crippen molar-refractivity contribution in [2.24, 2.45) is 17.1 Å². The monoisotopic (exact) mass is 434 g/mol. The molecular formula is C24H42N4O3. The van der Waals surface area contributed by atoms with E-state index in [1.165, 1.54) is 0 Å². The number of carbonyl (C=O) groups is 2. The summed E-state index contributed by atoms with van der Waals surface area (Å²) in [6.45, 7) is 12.3. The zero-order valence-corrected chi connectivity index (χ0v) is 19.9. The number of nitrogens with zero attached hydrogens (tertiary/aromatic N) is 1. The Morgan fingerprint density at radius 2 is 2.16 bits per heavy atom. The number of alkyl carbamates (subject to hydrolysis) is 1. The van der Waals surface area contributed by atoms with Crippen LogP contribution in [0.25, 0.3) is 0 Å². The number of carbonyl (C=O) groups excluding carboxylic acids is 2. The Labute approximate surface area is 187 Å². The first-order valence-electron chi connectivity index (χ1n) is 11.6. The number of rotatable bonds is 8. The number of hydrogen-bond acceptors (Lipinski definition) is 5. The van der Waals surface area contributed by atoms with Crippen LogP contribution in [-0.4, -0.2) is 60.8 Å². The Hall–Kier alpha value is -1.86. The topological polar surface area (TPSA) is 96.7 Å². The lowest BCUT2D eigenvalue weighted by atomic mass is 9.71. The van der Waals surface area contributed by atoms with E-state index < -0.39 is 11.7 Å². The second kappa shape index (κ2) is 11.1. The van der Waals surface area contributed by atoms with Gasteiger partial charge in [-0.2, -0.15) is 0 Å². The van der Waals surface area contributed by atoms with Gasteiger partial charge in [-0.25, -0.2) is 4.79 Å². The van der Waals surface area contributed by atoms with Crippen molar-refractivity contribution in [3.8, 4) is 0 Å². The molecule has 0 aromatic rings. The average Bonchev–Trinajstić information content (AvgIpc) is 2.84. The van der Waals surface area contributed by atoms with Gasteiger partial charge in [0.05, 0.1) is 6.04 Å². The van der Waals surface area contributed by atoms with E-state index in [0.29, 0.717) is 32.0 Å². The molecule has 7 heteroatoms. The van der Waals surface area contributed by atoms with Crippen molar-refractivity contribution in [1.29, 1.82) is 0 Å². The normalized spacial score (nSPS) is 27.7. The van der Waals surface area contributed by atoms with E-state index in [4.69, 9.17) is 10.5 Å². The molecular weight excluding hydrogens is 392 g/mol. The third-order valence-electron chi connectivity index (χ3n) is 6.33. The summed E-state index contributed by atoms with van der Waals surface area (Å²) >= 11 is 0. The van der Waals surface area contributed by atoms with Crippen molar-refractivity contribution in [3.63, 3.8) is 0 Å². The average molecular weight is 435 g/mol. The van der Waals surface area contributed by atoms with Crippen LogP contribution in [0.3, 0.4) is 0 Å². The number of ether oxygens (including phenoxy) is 1. The summed E-state index contributed by atoms with van der Waals surface area (Å²) in [7, 11) is 0. The molecule has 31 heavy (non-hydrogen) atoms. The zero-order valence-electron chi connectivity index (χ0n) is 19.9. The fourth-order valence-corrected chi connectivity index (χ4v) is 4.40. The molecule has 1 heterocycles. The van der Waals surface area contributed by atoms with Crippen molar-refractivity contribution < 1.29 is 14.3 Å². The summed E-state index contributed by atoms with van der Waals surface area (Å²) in [6.07, 6.45) is 11.6. The molecule has 4 N–H and O–H groups in total. The Kier molecular flexibility index (Phi) is 9.13. The van der Waals surface area contributed by atoms with Crippen molar-refractivity contribution in [1.82, 2.24) is 15.5 Å². The third kappa shape index (κ3) is 7.65. The van der Waals surface area contributed by atoms with Gasteiger partial charge in [-0.15, -0.1) is 0 Å². The zero-order chi connectivity index (χ0) is 23.1. The van der Waals surface area contributed by atoms with Gasteiger partial charge in [0.2, 0.25) is 5.91 Å². The quantitative estimate of drug-likeness (QED) is 0.546. The van der Waals surface area contributed by atoms with E-state index in [1.807, 2.05) is 25.7 Å². The van der Waals surface area contributed by atoms with Crippen molar-refractivity contribution >= 4 is 12.0 Å². The fraction of sp³-hybridized carbons (Fsp3) is 0.750. The van der Waals surface area contributed by atoms with Crippen LogP contribution in [0.5, 0.6) is 0 Å². The van der Waals surface area contributed by atoms with Gasteiger partial charge in [0.25, 0.3) is 0 Å². The Morgan fingerprint density at radius 1 is 1.42 bits per heavy atom. The molecule has 2 amide bonds. The minimum absolute atomic E-state index is 0.0601. The van der Waals surface area contributed by atoms with Crippen LogP contribution in [-0.2, 0) is 9.53 Å². The first kappa shape index (κ1) is 25.4. The van der Waals surface area contributed by atoms with Gasteiger partial charge in [0.15, 0.2) is 0 Å². The maximum atomic E-state index is 13.4. The molecule has 1 aliphatic carbocycles. The van der Waals surface area contributed by atoms with E-state index in [0.717, 1.165) is 25.8 Å². The van der Waals surface area contributed by atoms with E-state index in [9.17, 15) is 9.59 Å². The van der Waals surface area contributed by atoms with Gasteiger partial charge >= 0.3 is 6.09 Å². The summed E-state index contributed by atoms with van der Waals surface area (Å²) in [5.74, 6) is 0.479. The number of allylic oxidation sites excluding steroid dienone is 4. The van der Waals surface area contributed by atoms with Crippen molar-refractivity contribution in [2.45, 2.75) is 78.0 Å². The van der Waals surface area contributed by atoms with Gasteiger partial charge in [0, 0.05) is 32.2 Å². The van der Waals surface area contributed by atoms with Crippen LogP contribution < -0.4 is 16.4 Å². The Morgan fingerprint density at radius 3 is 2.74 bits per heavy atom. The van der Waals surface area contributed by atoms with E-state index >= 15 is 0 Å². The van der Waals surface area contributed by atoms with E-state index in [1.54, 1.807) is 0 Å². The molecule has 2 rings (SSSR count). The lowest BCUT2D eigenvalue weighted by Crippen LogP contribution is -2.50. The van der Waals surface area contributed by atoms with Crippen LogP contribution in [0.2, 0.25) is 0 Å². The SMILES string of the molecule is CC[C@H](CN1CC[C@@H](CN)N[C@@H](CCNC(=O)OC(C)(C)C)C1=O)C1(C)C=CC=CC1. The minimum atomic E-state index is -0.546. The molecule has 0 saturated carbocycles. The molecule has 0 radical (unpaired) electrons. The van der Waals surface area contributed by atoms with Crippen LogP contribution >= 0.6 is 0 Å². The van der Waals surface area contributed by atoms with E-state index in [2.05, 4.69) is 48.8 Å². The number of nitrogens with one attached hydrogen (secondary N) is 2. The number of hydrogen-bond donors (Lipinski definition) is 3. The summed E-state index contributed by atoms with van der Waals surface area (Å²) in [6, 6.07) is -0.272. The summed E-state index contributed by atoms with van der Waals surface area (Å²) in [4.78, 5) is 27.4. The summed E-state index contributed by atoms with van der Waals surface area (Å²) in [5, 5.41) is 6.18. The molecule has 2 aliphatic rings. The molecule has 1 unspecified atom stereocenters. The first-order valence-corrected chi connectivity index (χ1v) is 11.6. The summed E-state index contributed by atoms with van der Waals surface area (Å²) in [5.41, 5.74) is 5.45. The van der Waals surface area contributed by atoms with Crippen molar-refractivity contribution in [3.05, 3.63) is 24.3 Å². The highest BCUT2D eigenvalue weighted by atomic mass is 16.6. The molecule has 0 bridgehead atoms. The smallest absolute Gasteiger partial charge is 0.407 e. The Bertz CT molecular complexity index is 670. The van der Waals surface area contributed by atoms with Crippen LogP contribution in [0, 0.1) is 11.3 Å². The third-order valence-corrected chi connectivity index (χ3v) is 6.33. The van der Waals surface area contributed by atoms with Crippen LogP contribution in [0.15, 0.2) is 24.3 Å².